The molecule has 1 aliphatic carbocycles. The lowest BCUT2D eigenvalue weighted by molar-refractivity contribution is -0.144. The predicted octanol–water partition coefficient (Wildman–Crippen LogP) is 4.01. The fourth-order valence-electron chi connectivity index (χ4n) is 4.33. The Labute approximate surface area is 193 Å². The molecule has 6 heteroatoms. The molecule has 0 heterocycles. The normalized spacial score (nSPS) is 13.8. The maximum atomic E-state index is 13.1. The summed E-state index contributed by atoms with van der Waals surface area (Å²) in [6.07, 6.45) is 1.26. The van der Waals surface area contributed by atoms with Crippen molar-refractivity contribution in [2.75, 3.05) is 19.0 Å². The van der Waals surface area contributed by atoms with Crippen molar-refractivity contribution >= 4 is 17.6 Å². The van der Waals surface area contributed by atoms with Crippen molar-refractivity contribution in [3.63, 3.8) is 0 Å². The highest BCUT2D eigenvalue weighted by Gasteiger charge is 2.45. The quantitative estimate of drug-likeness (QED) is 0.489. The minimum atomic E-state index is -1.35. The van der Waals surface area contributed by atoms with E-state index >= 15 is 0 Å². The number of carbonyl (C=O) groups is 2. The summed E-state index contributed by atoms with van der Waals surface area (Å²) >= 11 is 0. The molecule has 3 aromatic rings. The standard InChI is InChI=1S/C27H28N2O4/c1-18-6-5-7-19(14-18)12-13-33-24-15-20(10-11-23(24)28-2)25(30)29-27(26(31)32)16-21-8-3-4-9-22(21)17-27/h3-11,14-15,28H,12-13,16-17H2,1-2H3,(H,29,30)(H,31,32). The number of benzene rings is 3. The second-order valence-corrected chi connectivity index (χ2v) is 8.51. The molecule has 4 rings (SSSR count). The Kier molecular flexibility index (Phi) is 6.36. The molecule has 3 aromatic carbocycles. The van der Waals surface area contributed by atoms with Crippen molar-refractivity contribution in [1.82, 2.24) is 5.32 Å². The van der Waals surface area contributed by atoms with Crippen molar-refractivity contribution in [2.24, 2.45) is 0 Å². The van der Waals surface area contributed by atoms with E-state index in [2.05, 4.69) is 35.8 Å². The molecule has 6 nitrogen and oxygen atoms in total. The SMILES string of the molecule is CNc1ccc(C(=O)NC2(C(=O)O)Cc3ccccc3C2)cc1OCCc1cccc(C)c1. The van der Waals surface area contributed by atoms with E-state index in [0.29, 0.717) is 17.9 Å². The van der Waals surface area contributed by atoms with Crippen molar-refractivity contribution in [3.8, 4) is 5.75 Å². The molecule has 170 valence electrons. The number of fused-ring (bicyclic) bond motifs is 1. The molecule has 0 aromatic heterocycles. The van der Waals surface area contributed by atoms with Gasteiger partial charge in [0.2, 0.25) is 0 Å². The smallest absolute Gasteiger partial charge is 0.330 e. The lowest BCUT2D eigenvalue weighted by Crippen LogP contribution is -2.55. The summed E-state index contributed by atoms with van der Waals surface area (Å²) in [6.45, 7) is 2.51. The van der Waals surface area contributed by atoms with E-state index < -0.39 is 17.4 Å². The number of carboxylic acid groups (broad SMARTS) is 1. The van der Waals surface area contributed by atoms with Gasteiger partial charge in [-0.2, -0.15) is 0 Å². The van der Waals surface area contributed by atoms with Gasteiger partial charge in [0.05, 0.1) is 12.3 Å². The van der Waals surface area contributed by atoms with Gasteiger partial charge >= 0.3 is 5.97 Å². The fraction of sp³-hybridized carbons (Fsp3) is 0.259. The van der Waals surface area contributed by atoms with Gasteiger partial charge in [0.1, 0.15) is 11.3 Å². The summed E-state index contributed by atoms with van der Waals surface area (Å²) in [4.78, 5) is 25.3. The van der Waals surface area contributed by atoms with E-state index in [1.807, 2.05) is 30.3 Å². The number of aryl methyl sites for hydroxylation is 1. The number of carboxylic acids is 1. The first-order chi connectivity index (χ1) is 15.9. The van der Waals surface area contributed by atoms with E-state index in [1.54, 1.807) is 25.2 Å². The molecule has 1 amide bonds. The van der Waals surface area contributed by atoms with E-state index in [9.17, 15) is 14.7 Å². The molecule has 0 fully saturated rings. The van der Waals surface area contributed by atoms with Crippen LogP contribution in [0.25, 0.3) is 0 Å². The van der Waals surface area contributed by atoms with Crippen molar-refractivity contribution in [1.29, 1.82) is 0 Å². The van der Waals surface area contributed by atoms with Crippen LogP contribution >= 0.6 is 0 Å². The fourth-order valence-corrected chi connectivity index (χ4v) is 4.33. The van der Waals surface area contributed by atoms with Crippen LogP contribution in [0.15, 0.2) is 66.7 Å². The van der Waals surface area contributed by atoms with Crippen LogP contribution in [0.4, 0.5) is 5.69 Å². The maximum Gasteiger partial charge on any atom is 0.330 e. The average Bonchev–Trinajstić information content (AvgIpc) is 3.18. The monoisotopic (exact) mass is 444 g/mol. The van der Waals surface area contributed by atoms with Crippen LogP contribution in [-0.4, -0.2) is 36.2 Å². The summed E-state index contributed by atoms with van der Waals surface area (Å²) in [5, 5.41) is 15.8. The van der Waals surface area contributed by atoms with Crippen molar-refractivity contribution in [3.05, 3.63) is 94.5 Å². The number of rotatable bonds is 8. The molecule has 0 spiro atoms. The molecular weight excluding hydrogens is 416 g/mol. The maximum absolute atomic E-state index is 13.1. The first-order valence-corrected chi connectivity index (χ1v) is 11.0. The van der Waals surface area contributed by atoms with Crippen LogP contribution in [0.1, 0.15) is 32.6 Å². The molecule has 0 aliphatic heterocycles. The molecule has 0 saturated heterocycles. The van der Waals surface area contributed by atoms with Gasteiger partial charge < -0.3 is 20.5 Å². The topological polar surface area (TPSA) is 87.7 Å². The predicted molar refractivity (Wildman–Crippen MR) is 128 cm³/mol. The number of hydrogen-bond donors (Lipinski definition) is 3. The number of hydrogen-bond acceptors (Lipinski definition) is 4. The van der Waals surface area contributed by atoms with Gasteiger partial charge in [-0.1, -0.05) is 54.1 Å². The van der Waals surface area contributed by atoms with Crippen LogP contribution in [0.3, 0.4) is 0 Å². The molecule has 33 heavy (non-hydrogen) atoms. The van der Waals surface area contributed by atoms with Crippen LogP contribution < -0.4 is 15.4 Å². The van der Waals surface area contributed by atoms with Gasteiger partial charge in [0.15, 0.2) is 0 Å². The number of ether oxygens (including phenoxy) is 1. The van der Waals surface area contributed by atoms with Gasteiger partial charge in [-0.3, -0.25) is 4.79 Å². The van der Waals surface area contributed by atoms with Crippen molar-refractivity contribution in [2.45, 2.75) is 31.7 Å². The number of aliphatic carboxylic acids is 1. The van der Waals surface area contributed by atoms with Crippen molar-refractivity contribution < 1.29 is 19.4 Å². The third kappa shape index (κ3) is 4.85. The zero-order valence-electron chi connectivity index (χ0n) is 18.9. The summed E-state index contributed by atoms with van der Waals surface area (Å²) < 4.78 is 6.00. The second kappa shape index (κ2) is 9.36. The third-order valence-electron chi connectivity index (χ3n) is 6.11. The Morgan fingerprint density at radius 3 is 2.36 bits per heavy atom. The largest absolute Gasteiger partial charge is 0.491 e. The van der Waals surface area contributed by atoms with E-state index in [0.717, 1.165) is 23.2 Å². The molecule has 0 atom stereocenters. The summed E-state index contributed by atoms with van der Waals surface area (Å²) in [6, 6.07) is 21.0. The molecule has 0 radical (unpaired) electrons. The van der Waals surface area contributed by atoms with E-state index in [4.69, 9.17) is 4.74 Å². The van der Waals surface area contributed by atoms with Gasteiger partial charge in [0, 0.05) is 31.9 Å². The van der Waals surface area contributed by atoms with Crippen LogP contribution in [0, 0.1) is 6.92 Å². The van der Waals surface area contributed by atoms with Crippen LogP contribution in [-0.2, 0) is 24.1 Å². The zero-order valence-corrected chi connectivity index (χ0v) is 18.9. The van der Waals surface area contributed by atoms with Gasteiger partial charge in [0.25, 0.3) is 5.91 Å². The Morgan fingerprint density at radius 2 is 1.73 bits per heavy atom. The molecule has 0 unspecified atom stereocenters. The first-order valence-electron chi connectivity index (χ1n) is 11.0. The van der Waals surface area contributed by atoms with Crippen LogP contribution in [0.2, 0.25) is 0 Å². The number of nitrogens with one attached hydrogen (secondary N) is 2. The number of carbonyl (C=O) groups excluding carboxylic acids is 1. The number of anilines is 1. The minimum Gasteiger partial charge on any atom is -0.491 e. The molecule has 0 saturated carbocycles. The molecule has 1 aliphatic rings. The van der Waals surface area contributed by atoms with E-state index in [-0.39, 0.29) is 12.8 Å². The lowest BCUT2D eigenvalue weighted by Gasteiger charge is -2.25. The minimum absolute atomic E-state index is 0.263. The Hall–Kier alpha value is -3.80. The molecule has 0 bridgehead atoms. The Balaban J connectivity index is 1.49. The van der Waals surface area contributed by atoms with Gasteiger partial charge in [-0.15, -0.1) is 0 Å². The van der Waals surface area contributed by atoms with E-state index in [1.165, 1.54) is 11.1 Å². The highest BCUT2D eigenvalue weighted by Crippen LogP contribution is 2.31. The highest BCUT2D eigenvalue weighted by molar-refractivity contribution is 5.99. The zero-order chi connectivity index (χ0) is 23.4. The first kappa shape index (κ1) is 22.4. The number of amides is 1. The van der Waals surface area contributed by atoms with Crippen LogP contribution in [0.5, 0.6) is 5.75 Å². The summed E-state index contributed by atoms with van der Waals surface area (Å²) in [7, 11) is 1.79. The van der Waals surface area contributed by atoms with Gasteiger partial charge in [-0.25, -0.2) is 4.79 Å². The lowest BCUT2D eigenvalue weighted by atomic mass is 9.95. The molecular formula is C27H28N2O4. The Bertz CT molecular complexity index is 1160. The third-order valence-corrected chi connectivity index (χ3v) is 6.11. The van der Waals surface area contributed by atoms with Gasteiger partial charge in [-0.05, 0) is 41.8 Å². The average molecular weight is 445 g/mol. The summed E-state index contributed by atoms with van der Waals surface area (Å²) in [5.74, 6) is -0.915. The summed E-state index contributed by atoms with van der Waals surface area (Å²) in [5.41, 5.74) is 4.04. The highest BCUT2D eigenvalue weighted by atomic mass is 16.5. The Morgan fingerprint density at radius 1 is 1.00 bits per heavy atom. The molecule has 3 N–H and O–H groups in total. The second-order valence-electron chi connectivity index (χ2n) is 8.51.